The first kappa shape index (κ1) is 4.72. The summed E-state index contributed by atoms with van der Waals surface area (Å²) in [4.78, 5) is 0. The van der Waals surface area contributed by atoms with Crippen molar-refractivity contribution in [2.45, 2.75) is 0 Å². The van der Waals surface area contributed by atoms with Crippen molar-refractivity contribution < 1.29 is 0 Å². The topological polar surface area (TPSA) is 15.3 Å². The molecule has 1 heterocycles. The molecule has 1 N–H and O–H groups in total. The van der Waals surface area contributed by atoms with Gasteiger partial charge in [-0.15, -0.1) is 0 Å². The number of hydrazine groups is 1. The van der Waals surface area contributed by atoms with Crippen LogP contribution in [-0.4, -0.2) is 25.1 Å². The lowest BCUT2D eigenvalue weighted by Crippen LogP contribution is -2.25. The maximum absolute atomic E-state index is 5.44. The summed E-state index contributed by atoms with van der Waals surface area (Å²) in [6, 6.07) is 0. The van der Waals surface area contributed by atoms with Crippen LogP contribution in [0.2, 0.25) is 0 Å². The van der Waals surface area contributed by atoms with E-state index >= 15 is 0 Å². The Hall–Kier alpha value is -0.430. The Balaban J connectivity index is 2.40. The van der Waals surface area contributed by atoms with Crippen LogP contribution < -0.4 is 5.43 Å². The number of hydrogen-bond acceptors (Lipinski definition) is 2. The molecular weight excluding hydrogens is 88.1 g/mol. The summed E-state index contributed by atoms with van der Waals surface area (Å²) in [6.45, 7) is 7.17. The zero-order chi connectivity index (χ0) is 5.28. The van der Waals surface area contributed by atoms with Crippen LogP contribution in [0.4, 0.5) is 0 Å². The van der Waals surface area contributed by atoms with Crippen molar-refractivity contribution in [3.05, 3.63) is 12.2 Å². The fourth-order valence-corrected chi connectivity index (χ4v) is 0.653. The zero-order valence-corrected chi connectivity index (χ0v) is 4.44. The molecule has 2 nitrogen and oxygen atoms in total. The molecule has 0 aliphatic carbocycles. The zero-order valence-electron chi connectivity index (χ0n) is 4.44. The van der Waals surface area contributed by atoms with Crippen LogP contribution in [0, 0.1) is 6.58 Å². The first-order valence-corrected chi connectivity index (χ1v) is 2.34. The standard InChI is InChI=1S/C5H9N2/c1-5-3-6-7(2)4-5/h1,6H,3-4H2,2H3/q+1. The predicted octanol–water partition coefficient (Wildman–Crippen LogP) is -0.204. The molecule has 7 heavy (non-hydrogen) atoms. The van der Waals surface area contributed by atoms with E-state index in [4.69, 9.17) is 6.58 Å². The lowest BCUT2D eigenvalue weighted by molar-refractivity contribution is 0.319. The molecule has 0 aromatic rings. The third kappa shape index (κ3) is 0.967. The molecule has 0 bridgehead atoms. The summed E-state index contributed by atoms with van der Waals surface area (Å²) in [5.41, 5.74) is 4.06. The highest BCUT2D eigenvalue weighted by Gasteiger charge is 2.15. The minimum atomic E-state index is 0.844. The molecule has 0 atom stereocenters. The van der Waals surface area contributed by atoms with Crippen molar-refractivity contribution >= 4 is 0 Å². The summed E-state index contributed by atoms with van der Waals surface area (Å²) >= 11 is 0. The van der Waals surface area contributed by atoms with Gasteiger partial charge in [0.2, 0.25) is 6.58 Å². The van der Waals surface area contributed by atoms with Crippen LogP contribution >= 0.6 is 0 Å². The van der Waals surface area contributed by atoms with Gasteiger partial charge in [-0.05, 0) is 0 Å². The SMILES string of the molecule is [CH+]=C1CNN(C)C1. The summed E-state index contributed by atoms with van der Waals surface area (Å²) in [5.74, 6) is 0. The molecule has 0 saturated carbocycles. The highest BCUT2D eigenvalue weighted by atomic mass is 15.5. The Kier molecular flexibility index (Phi) is 1.07. The lowest BCUT2D eigenvalue weighted by atomic mass is 10.3. The molecule has 0 aromatic heterocycles. The van der Waals surface area contributed by atoms with Gasteiger partial charge in [-0.1, -0.05) is 0 Å². The monoisotopic (exact) mass is 97.1 g/mol. The van der Waals surface area contributed by atoms with E-state index < -0.39 is 0 Å². The molecule has 1 rings (SSSR count). The second kappa shape index (κ2) is 1.58. The first-order valence-electron chi connectivity index (χ1n) is 2.34. The second-order valence-electron chi connectivity index (χ2n) is 1.85. The molecule has 0 unspecified atom stereocenters. The maximum Gasteiger partial charge on any atom is 0.208 e. The van der Waals surface area contributed by atoms with Crippen molar-refractivity contribution in [1.29, 1.82) is 0 Å². The van der Waals surface area contributed by atoms with Crippen LogP contribution in [0.1, 0.15) is 0 Å². The van der Waals surface area contributed by atoms with E-state index in [0.29, 0.717) is 0 Å². The van der Waals surface area contributed by atoms with Gasteiger partial charge in [0.15, 0.2) is 5.57 Å². The molecule has 0 spiro atoms. The van der Waals surface area contributed by atoms with Gasteiger partial charge in [0, 0.05) is 7.05 Å². The van der Waals surface area contributed by atoms with Gasteiger partial charge in [-0.2, -0.15) is 0 Å². The molecular formula is C5H9N2+. The average molecular weight is 97.1 g/mol. The van der Waals surface area contributed by atoms with E-state index in [0.717, 1.165) is 18.7 Å². The minimum absolute atomic E-state index is 0.844. The number of likely N-dealkylation sites (N-methyl/N-ethyl adjacent to an activating group) is 1. The minimum Gasteiger partial charge on any atom is -0.246 e. The summed E-state index contributed by atoms with van der Waals surface area (Å²) in [5, 5.41) is 1.97. The molecule has 38 valence electrons. The van der Waals surface area contributed by atoms with Crippen LogP contribution in [0.25, 0.3) is 0 Å². The normalized spacial score (nSPS) is 23.7. The smallest absolute Gasteiger partial charge is 0.208 e. The number of nitrogens with zero attached hydrogens (tertiary/aromatic N) is 1. The Morgan fingerprint density at radius 2 is 2.57 bits per heavy atom. The van der Waals surface area contributed by atoms with Crippen LogP contribution in [0.15, 0.2) is 5.57 Å². The Labute approximate surface area is 43.8 Å². The molecule has 2 heteroatoms. The Bertz CT molecular complexity index is 88.1. The fraction of sp³-hybridized carbons (Fsp3) is 0.600. The highest BCUT2D eigenvalue weighted by Crippen LogP contribution is 1.96. The van der Waals surface area contributed by atoms with Crippen molar-refractivity contribution in [2.75, 3.05) is 20.1 Å². The van der Waals surface area contributed by atoms with Gasteiger partial charge >= 0.3 is 0 Å². The molecule has 0 radical (unpaired) electrons. The van der Waals surface area contributed by atoms with Gasteiger partial charge < -0.3 is 0 Å². The average Bonchev–Trinajstić information content (AvgIpc) is 1.87. The lowest BCUT2D eigenvalue weighted by Gasteiger charge is -2.01. The van der Waals surface area contributed by atoms with Crippen LogP contribution in [-0.2, 0) is 0 Å². The van der Waals surface area contributed by atoms with Crippen LogP contribution in [0.3, 0.4) is 0 Å². The van der Waals surface area contributed by atoms with Crippen molar-refractivity contribution in [3.8, 4) is 0 Å². The van der Waals surface area contributed by atoms with Crippen molar-refractivity contribution in [1.82, 2.24) is 10.4 Å². The van der Waals surface area contributed by atoms with Gasteiger partial charge in [0.25, 0.3) is 0 Å². The molecule has 1 fully saturated rings. The van der Waals surface area contributed by atoms with Gasteiger partial charge in [-0.25, -0.2) is 10.4 Å². The Morgan fingerprint density at radius 1 is 1.86 bits per heavy atom. The summed E-state index contributed by atoms with van der Waals surface area (Å²) in [7, 11) is 1.97. The van der Waals surface area contributed by atoms with E-state index in [9.17, 15) is 0 Å². The third-order valence-electron chi connectivity index (χ3n) is 1.02. The van der Waals surface area contributed by atoms with E-state index in [2.05, 4.69) is 5.43 Å². The van der Waals surface area contributed by atoms with Crippen molar-refractivity contribution in [3.63, 3.8) is 0 Å². The third-order valence-corrected chi connectivity index (χ3v) is 1.02. The number of rotatable bonds is 0. The first-order chi connectivity index (χ1) is 3.29. The molecule has 0 amide bonds. The summed E-state index contributed by atoms with van der Waals surface area (Å²) < 4.78 is 0. The van der Waals surface area contributed by atoms with Crippen molar-refractivity contribution in [2.24, 2.45) is 0 Å². The summed E-state index contributed by atoms with van der Waals surface area (Å²) in [6.07, 6.45) is 0. The number of hydrogen-bond donors (Lipinski definition) is 1. The van der Waals surface area contributed by atoms with Gasteiger partial charge in [0.1, 0.15) is 0 Å². The van der Waals surface area contributed by atoms with Crippen LogP contribution in [0.5, 0.6) is 0 Å². The highest BCUT2D eigenvalue weighted by molar-refractivity contribution is 5.00. The van der Waals surface area contributed by atoms with E-state index in [1.54, 1.807) is 0 Å². The molecule has 1 aliphatic heterocycles. The molecule has 1 saturated heterocycles. The molecule has 0 aromatic carbocycles. The van der Waals surface area contributed by atoms with E-state index in [1.165, 1.54) is 0 Å². The van der Waals surface area contributed by atoms with E-state index in [1.807, 2.05) is 12.1 Å². The quantitative estimate of drug-likeness (QED) is 0.421. The van der Waals surface area contributed by atoms with Gasteiger partial charge in [-0.3, -0.25) is 0 Å². The van der Waals surface area contributed by atoms with Gasteiger partial charge in [0.05, 0.1) is 13.1 Å². The van der Waals surface area contributed by atoms with E-state index in [-0.39, 0.29) is 0 Å². The maximum atomic E-state index is 5.44. The largest absolute Gasteiger partial charge is 0.246 e. The predicted molar refractivity (Wildman–Crippen MR) is 28.4 cm³/mol. The molecule has 1 aliphatic rings. The number of nitrogens with one attached hydrogen (secondary N) is 1. The Morgan fingerprint density at radius 3 is 2.71 bits per heavy atom. The fourth-order valence-electron chi connectivity index (χ4n) is 0.653. The second-order valence-corrected chi connectivity index (χ2v) is 1.85.